The molecule has 0 aliphatic heterocycles. The Kier molecular flexibility index (Phi) is 7.30. The van der Waals surface area contributed by atoms with E-state index in [1.165, 1.54) is 18.4 Å². The summed E-state index contributed by atoms with van der Waals surface area (Å²) in [6.07, 6.45) is -0.798. The van der Waals surface area contributed by atoms with Gasteiger partial charge in [0.05, 0.1) is 31.0 Å². The van der Waals surface area contributed by atoms with Crippen LogP contribution in [0.25, 0.3) is 10.2 Å². The van der Waals surface area contributed by atoms with Crippen molar-refractivity contribution in [3.63, 3.8) is 0 Å². The topological polar surface area (TPSA) is 88.4 Å². The molecular formula is C22H24N2O6S. The van der Waals surface area contributed by atoms with Gasteiger partial charge in [-0.3, -0.25) is 9.59 Å². The van der Waals surface area contributed by atoms with Crippen LogP contribution in [0.4, 0.5) is 0 Å². The van der Waals surface area contributed by atoms with Gasteiger partial charge < -0.3 is 23.5 Å². The minimum Gasteiger partial charge on any atom is -0.493 e. The molecule has 1 atom stereocenters. The van der Waals surface area contributed by atoms with Crippen molar-refractivity contribution in [3.8, 4) is 17.2 Å². The van der Waals surface area contributed by atoms with Gasteiger partial charge in [0.25, 0.3) is 5.91 Å². The molecule has 0 radical (unpaired) electrons. The van der Waals surface area contributed by atoms with Crippen LogP contribution in [0.15, 0.2) is 47.5 Å². The normalized spacial score (nSPS) is 12.5. The van der Waals surface area contributed by atoms with Crippen molar-refractivity contribution < 1.29 is 28.5 Å². The fraction of sp³-hybridized carbons (Fsp3) is 0.318. The number of benzene rings is 2. The smallest absolute Gasteiger partial charge is 0.326 e. The number of carbonyl (C=O) groups is 2. The Labute approximate surface area is 183 Å². The number of esters is 1. The molecule has 1 aromatic heterocycles. The molecule has 1 heterocycles. The van der Waals surface area contributed by atoms with Crippen molar-refractivity contribution in [2.24, 2.45) is 4.99 Å². The minimum atomic E-state index is -0.798. The van der Waals surface area contributed by atoms with E-state index in [9.17, 15) is 9.59 Å². The van der Waals surface area contributed by atoms with Crippen LogP contribution in [-0.4, -0.2) is 43.4 Å². The first kappa shape index (κ1) is 22.4. The fourth-order valence-electron chi connectivity index (χ4n) is 2.91. The van der Waals surface area contributed by atoms with Gasteiger partial charge in [-0.25, -0.2) is 0 Å². The first-order chi connectivity index (χ1) is 15.0. The number of fused-ring (bicyclic) bond motifs is 1. The van der Waals surface area contributed by atoms with Crippen LogP contribution in [0.5, 0.6) is 17.2 Å². The van der Waals surface area contributed by atoms with Gasteiger partial charge in [-0.2, -0.15) is 4.99 Å². The number of para-hydroxylation sites is 1. The predicted octanol–water partition coefficient (Wildman–Crippen LogP) is 3.18. The second-order valence-electron chi connectivity index (χ2n) is 6.47. The minimum absolute atomic E-state index is 0.0939. The van der Waals surface area contributed by atoms with Gasteiger partial charge in [0.1, 0.15) is 12.3 Å². The lowest BCUT2D eigenvalue weighted by molar-refractivity contribution is -0.143. The molecule has 2 aromatic carbocycles. The van der Waals surface area contributed by atoms with Crippen molar-refractivity contribution in [2.75, 3.05) is 20.8 Å². The summed E-state index contributed by atoms with van der Waals surface area (Å²) in [5.74, 6) is 0.720. The van der Waals surface area contributed by atoms with E-state index in [2.05, 4.69) is 4.99 Å². The zero-order valence-corrected chi connectivity index (χ0v) is 18.6. The number of nitrogens with zero attached hydrogens (tertiary/aromatic N) is 2. The van der Waals surface area contributed by atoms with Gasteiger partial charge in [0.2, 0.25) is 0 Å². The first-order valence-electron chi connectivity index (χ1n) is 9.68. The number of rotatable bonds is 8. The van der Waals surface area contributed by atoms with Gasteiger partial charge >= 0.3 is 5.97 Å². The van der Waals surface area contributed by atoms with Crippen molar-refractivity contribution >= 4 is 33.4 Å². The average Bonchev–Trinajstić information content (AvgIpc) is 3.09. The number of ether oxygens (including phenoxy) is 4. The summed E-state index contributed by atoms with van der Waals surface area (Å²) >= 11 is 1.26. The zero-order chi connectivity index (χ0) is 22.4. The highest BCUT2D eigenvalue weighted by atomic mass is 32.1. The highest BCUT2D eigenvalue weighted by molar-refractivity contribution is 7.16. The third-order valence-corrected chi connectivity index (χ3v) is 5.43. The Morgan fingerprint density at radius 2 is 1.77 bits per heavy atom. The number of hydrogen-bond donors (Lipinski definition) is 0. The summed E-state index contributed by atoms with van der Waals surface area (Å²) in [7, 11) is 3.07. The van der Waals surface area contributed by atoms with Gasteiger partial charge in [-0.1, -0.05) is 29.5 Å². The van der Waals surface area contributed by atoms with Crippen molar-refractivity contribution in [1.82, 2.24) is 4.57 Å². The summed E-state index contributed by atoms with van der Waals surface area (Å²) < 4.78 is 23.9. The molecule has 0 saturated carbocycles. The largest absolute Gasteiger partial charge is 0.493 e. The maximum Gasteiger partial charge on any atom is 0.326 e. The Morgan fingerprint density at radius 1 is 1.10 bits per heavy atom. The van der Waals surface area contributed by atoms with E-state index in [1.54, 1.807) is 49.8 Å². The highest BCUT2D eigenvalue weighted by Gasteiger charge is 2.18. The number of amides is 1. The van der Waals surface area contributed by atoms with Crippen molar-refractivity contribution in [1.29, 1.82) is 0 Å². The van der Waals surface area contributed by atoms with Crippen LogP contribution in [-0.2, 0) is 20.9 Å². The maximum atomic E-state index is 12.7. The SMILES string of the molecule is CCOC(=O)Cn1c(=NC(=O)C(C)Oc2ccccc2)sc2cc(OC)c(OC)cc21. The van der Waals surface area contributed by atoms with Crippen LogP contribution < -0.4 is 19.0 Å². The summed E-state index contributed by atoms with van der Waals surface area (Å²) in [4.78, 5) is 29.5. The average molecular weight is 445 g/mol. The highest BCUT2D eigenvalue weighted by Crippen LogP contribution is 2.33. The van der Waals surface area contributed by atoms with Crippen molar-refractivity contribution in [3.05, 3.63) is 47.3 Å². The van der Waals surface area contributed by atoms with E-state index in [4.69, 9.17) is 18.9 Å². The maximum absolute atomic E-state index is 12.7. The molecule has 164 valence electrons. The molecule has 1 amide bonds. The lowest BCUT2D eigenvalue weighted by Crippen LogP contribution is -2.27. The Morgan fingerprint density at radius 3 is 2.42 bits per heavy atom. The molecule has 0 aliphatic carbocycles. The molecule has 0 N–H and O–H groups in total. The first-order valence-corrected chi connectivity index (χ1v) is 10.5. The lowest BCUT2D eigenvalue weighted by Gasteiger charge is -2.11. The van der Waals surface area contributed by atoms with Crippen LogP contribution in [0, 0.1) is 0 Å². The molecule has 0 saturated heterocycles. The Bertz CT molecular complexity index is 1140. The number of methoxy groups -OCH3 is 2. The number of aromatic nitrogens is 1. The predicted molar refractivity (Wildman–Crippen MR) is 117 cm³/mol. The van der Waals surface area contributed by atoms with E-state index in [-0.39, 0.29) is 13.2 Å². The van der Waals surface area contributed by atoms with Gasteiger partial charge in [-0.05, 0) is 26.0 Å². The van der Waals surface area contributed by atoms with Gasteiger partial charge in [0.15, 0.2) is 22.4 Å². The summed E-state index contributed by atoms with van der Waals surface area (Å²) in [5, 5.41) is 0. The van der Waals surface area contributed by atoms with Crippen LogP contribution >= 0.6 is 11.3 Å². The summed E-state index contributed by atoms with van der Waals surface area (Å²) in [6.45, 7) is 3.53. The third-order valence-electron chi connectivity index (χ3n) is 4.39. The molecule has 0 bridgehead atoms. The van der Waals surface area contributed by atoms with Gasteiger partial charge in [-0.15, -0.1) is 0 Å². The quantitative estimate of drug-likeness (QED) is 0.496. The molecule has 8 nitrogen and oxygen atoms in total. The Hall–Kier alpha value is -3.33. The second-order valence-corrected chi connectivity index (χ2v) is 7.48. The molecule has 1 unspecified atom stereocenters. The number of hydrogen-bond acceptors (Lipinski definition) is 7. The molecule has 0 aliphatic rings. The Balaban J connectivity index is 2.04. The molecule has 0 spiro atoms. The van der Waals surface area contributed by atoms with E-state index in [0.29, 0.717) is 27.6 Å². The van der Waals surface area contributed by atoms with Crippen LogP contribution in [0.1, 0.15) is 13.8 Å². The second kappa shape index (κ2) is 10.1. The lowest BCUT2D eigenvalue weighted by atomic mass is 10.3. The standard InChI is InChI=1S/C22H24N2O6S/c1-5-29-20(25)13-24-16-11-17(27-3)18(28-4)12-19(16)31-22(24)23-21(26)14(2)30-15-9-7-6-8-10-15/h6-12,14H,5,13H2,1-4H3. The third kappa shape index (κ3) is 5.24. The molecule has 31 heavy (non-hydrogen) atoms. The van der Waals surface area contributed by atoms with Gasteiger partial charge in [0, 0.05) is 12.1 Å². The van der Waals surface area contributed by atoms with E-state index in [0.717, 1.165) is 4.70 Å². The molecule has 3 rings (SSSR count). The van der Waals surface area contributed by atoms with E-state index >= 15 is 0 Å². The van der Waals surface area contributed by atoms with Crippen LogP contribution in [0.2, 0.25) is 0 Å². The fourth-order valence-corrected chi connectivity index (χ4v) is 3.95. The summed E-state index contributed by atoms with van der Waals surface area (Å²) in [6, 6.07) is 12.6. The number of thiazole rings is 1. The summed E-state index contributed by atoms with van der Waals surface area (Å²) in [5.41, 5.74) is 0.680. The molecule has 9 heteroatoms. The van der Waals surface area contributed by atoms with Crippen LogP contribution in [0.3, 0.4) is 0 Å². The molecule has 0 fully saturated rings. The zero-order valence-electron chi connectivity index (χ0n) is 17.8. The van der Waals surface area contributed by atoms with Crippen molar-refractivity contribution in [2.45, 2.75) is 26.5 Å². The number of carbonyl (C=O) groups excluding carboxylic acids is 2. The molecular weight excluding hydrogens is 420 g/mol. The molecule has 3 aromatic rings. The monoisotopic (exact) mass is 444 g/mol. The van der Waals surface area contributed by atoms with E-state index < -0.39 is 18.0 Å². The van der Waals surface area contributed by atoms with E-state index in [1.807, 2.05) is 18.2 Å².